The quantitative estimate of drug-likeness (QED) is 0.411. The van der Waals surface area contributed by atoms with Crippen LogP contribution in [0.3, 0.4) is 0 Å². The molecule has 0 radical (unpaired) electrons. The number of carbonyl (C=O) groups is 3. The van der Waals surface area contributed by atoms with Crippen molar-refractivity contribution in [3.8, 4) is 0 Å². The highest BCUT2D eigenvalue weighted by Gasteiger charge is 2.43. The smallest absolute Gasteiger partial charge is 0.332 e. The summed E-state index contributed by atoms with van der Waals surface area (Å²) >= 11 is 0. The summed E-state index contributed by atoms with van der Waals surface area (Å²) in [6, 6.07) is 0. The summed E-state index contributed by atoms with van der Waals surface area (Å²) in [5.41, 5.74) is -1.40. The highest BCUT2D eigenvalue weighted by atomic mass is 16.7. The molecule has 7 heteroatoms. The second kappa shape index (κ2) is 13.5. The Bertz CT molecular complexity index is 493. The number of hydrogen-bond acceptors (Lipinski definition) is 5. The number of hydroxylamine groups is 2. The molecular formula is C21H38N2O5. The second-order valence-electron chi connectivity index (χ2n) is 7.90. The summed E-state index contributed by atoms with van der Waals surface area (Å²) < 4.78 is 0. The molecule has 1 atom stereocenters. The lowest BCUT2D eigenvalue weighted by Crippen LogP contribution is -2.44. The number of nitrogens with one attached hydrogen (secondary N) is 1. The minimum absolute atomic E-state index is 0.145. The van der Waals surface area contributed by atoms with Crippen molar-refractivity contribution in [2.75, 3.05) is 6.54 Å². The van der Waals surface area contributed by atoms with E-state index in [0.29, 0.717) is 19.4 Å². The molecule has 162 valence electrons. The predicted molar refractivity (Wildman–Crippen MR) is 107 cm³/mol. The van der Waals surface area contributed by atoms with Crippen molar-refractivity contribution in [2.24, 2.45) is 0 Å². The van der Waals surface area contributed by atoms with Gasteiger partial charge in [-0.3, -0.25) is 9.59 Å². The van der Waals surface area contributed by atoms with Gasteiger partial charge in [0.15, 0.2) is 5.72 Å². The SMILES string of the molecule is CCCCCCCC(=O)NCCCCCCCC(=O)ON1C(=O)CCC1(C)O. The van der Waals surface area contributed by atoms with E-state index in [-0.39, 0.29) is 31.1 Å². The molecule has 2 N–H and O–H groups in total. The van der Waals surface area contributed by atoms with Gasteiger partial charge in [-0.15, -0.1) is 5.06 Å². The normalized spacial score (nSPS) is 19.1. The van der Waals surface area contributed by atoms with E-state index in [1.54, 1.807) is 0 Å². The molecule has 0 aromatic rings. The van der Waals surface area contributed by atoms with Crippen molar-refractivity contribution in [1.29, 1.82) is 0 Å². The maximum Gasteiger partial charge on any atom is 0.332 e. The fraction of sp³-hybridized carbons (Fsp3) is 0.857. The van der Waals surface area contributed by atoms with Crippen LogP contribution in [0.15, 0.2) is 0 Å². The number of hydrogen-bond donors (Lipinski definition) is 2. The van der Waals surface area contributed by atoms with Crippen LogP contribution in [-0.4, -0.2) is 40.2 Å². The molecule has 0 spiro atoms. The van der Waals surface area contributed by atoms with Gasteiger partial charge in [0.25, 0.3) is 5.91 Å². The van der Waals surface area contributed by atoms with Crippen LogP contribution in [-0.2, 0) is 19.2 Å². The van der Waals surface area contributed by atoms with Gasteiger partial charge in [-0.25, -0.2) is 4.79 Å². The van der Waals surface area contributed by atoms with Gasteiger partial charge < -0.3 is 15.3 Å². The summed E-state index contributed by atoms with van der Waals surface area (Å²) in [6.45, 7) is 4.36. The lowest BCUT2D eigenvalue weighted by atomic mass is 10.1. The van der Waals surface area contributed by atoms with Crippen LogP contribution in [0.5, 0.6) is 0 Å². The van der Waals surface area contributed by atoms with Gasteiger partial charge in [-0.05, 0) is 26.2 Å². The van der Waals surface area contributed by atoms with Crippen LogP contribution >= 0.6 is 0 Å². The van der Waals surface area contributed by atoms with Gasteiger partial charge in [-0.2, -0.15) is 0 Å². The van der Waals surface area contributed by atoms with Gasteiger partial charge >= 0.3 is 5.97 Å². The molecule has 1 unspecified atom stereocenters. The third kappa shape index (κ3) is 10.1. The minimum Gasteiger partial charge on any atom is -0.368 e. The van der Waals surface area contributed by atoms with E-state index in [2.05, 4.69) is 12.2 Å². The van der Waals surface area contributed by atoms with Crippen LogP contribution in [0.2, 0.25) is 0 Å². The molecule has 7 nitrogen and oxygen atoms in total. The average Bonchev–Trinajstić information content (AvgIpc) is 2.90. The highest BCUT2D eigenvalue weighted by molar-refractivity contribution is 5.80. The predicted octanol–water partition coefficient (Wildman–Crippen LogP) is 3.59. The summed E-state index contributed by atoms with van der Waals surface area (Å²) in [5, 5.41) is 13.8. The van der Waals surface area contributed by atoms with Gasteiger partial charge in [-0.1, -0.05) is 51.9 Å². The summed E-state index contributed by atoms with van der Waals surface area (Å²) in [5.74, 6) is -0.699. The zero-order valence-corrected chi connectivity index (χ0v) is 17.6. The Balaban J connectivity index is 1.94. The number of carbonyl (C=O) groups excluding carboxylic acids is 3. The van der Waals surface area contributed by atoms with Gasteiger partial charge in [0.2, 0.25) is 5.91 Å². The third-order valence-electron chi connectivity index (χ3n) is 5.06. The van der Waals surface area contributed by atoms with E-state index >= 15 is 0 Å². The summed E-state index contributed by atoms with van der Waals surface area (Å²) in [7, 11) is 0. The minimum atomic E-state index is -1.40. The first kappa shape index (κ1) is 24.4. The van der Waals surface area contributed by atoms with Crippen LogP contribution in [0, 0.1) is 0 Å². The summed E-state index contributed by atoms with van der Waals surface area (Å²) in [6.07, 6.45) is 11.6. The molecule has 2 amide bonds. The molecule has 0 saturated carbocycles. The monoisotopic (exact) mass is 398 g/mol. The zero-order valence-electron chi connectivity index (χ0n) is 17.6. The highest BCUT2D eigenvalue weighted by Crippen LogP contribution is 2.27. The molecule has 1 heterocycles. The van der Waals surface area contributed by atoms with Crippen molar-refractivity contribution in [3.05, 3.63) is 0 Å². The van der Waals surface area contributed by atoms with Crippen molar-refractivity contribution < 1.29 is 24.3 Å². The number of unbranched alkanes of at least 4 members (excludes halogenated alkanes) is 8. The first-order valence-electron chi connectivity index (χ1n) is 10.9. The fourth-order valence-corrected chi connectivity index (χ4v) is 3.24. The van der Waals surface area contributed by atoms with Crippen molar-refractivity contribution in [3.63, 3.8) is 0 Å². The average molecular weight is 399 g/mol. The summed E-state index contributed by atoms with van der Waals surface area (Å²) in [4.78, 5) is 40.1. The first-order chi connectivity index (χ1) is 13.4. The molecule has 1 rings (SSSR count). The Morgan fingerprint density at radius 2 is 1.64 bits per heavy atom. The molecular weight excluding hydrogens is 360 g/mol. The van der Waals surface area contributed by atoms with Crippen LogP contribution in [0.4, 0.5) is 0 Å². The van der Waals surface area contributed by atoms with Crippen LogP contribution in [0.1, 0.15) is 104 Å². The van der Waals surface area contributed by atoms with E-state index in [1.165, 1.54) is 26.2 Å². The van der Waals surface area contributed by atoms with Crippen LogP contribution < -0.4 is 5.32 Å². The lowest BCUT2D eigenvalue weighted by molar-refractivity contribution is -0.248. The van der Waals surface area contributed by atoms with Gasteiger partial charge in [0.1, 0.15) is 0 Å². The van der Waals surface area contributed by atoms with E-state index in [4.69, 9.17) is 4.84 Å². The fourth-order valence-electron chi connectivity index (χ4n) is 3.24. The largest absolute Gasteiger partial charge is 0.368 e. The Morgan fingerprint density at radius 3 is 2.29 bits per heavy atom. The lowest BCUT2D eigenvalue weighted by Gasteiger charge is -2.27. The van der Waals surface area contributed by atoms with E-state index in [1.807, 2.05) is 0 Å². The van der Waals surface area contributed by atoms with Gasteiger partial charge in [0.05, 0.1) is 0 Å². The van der Waals surface area contributed by atoms with E-state index in [9.17, 15) is 19.5 Å². The number of rotatable bonds is 15. The van der Waals surface area contributed by atoms with Crippen molar-refractivity contribution >= 4 is 17.8 Å². The molecule has 28 heavy (non-hydrogen) atoms. The number of aliphatic hydroxyl groups is 1. The molecule has 1 saturated heterocycles. The maximum absolute atomic E-state index is 11.8. The molecule has 0 bridgehead atoms. The third-order valence-corrected chi connectivity index (χ3v) is 5.06. The van der Waals surface area contributed by atoms with Gasteiger partial charge in [0, 0.05) is 32.2 Å². The second-order valence-corrected chi connectivity index (χ2v) is 7.90. The van der Waals surface area contributed by atoms with E-state index < -0.39 is 11.7 Å². The van der Waals surface area contributed by atoms with E-state index in [0.717, 1.165) is 43.6 Å². The molecule has 0 aromatic carbocycles. The number of amides is 2. The Hall–Kier alpha value is -1.63. The molecule has 0 aromatic heterocycles. The van der Waals surface area contributed by atoms with Crippen LogP contribution in [0.25, 0.3) is 0 Å². The molecule has 1 aliphatic rings. The Kier molecular flexibility index (Phi) is 11.8. The topological polar surface area (TPSA) is 95.9 Å². The molecule has 1 aliphatic heterocycles. The molecule has 1 fully saturated rings. The maximum atomic E-state index is 11.8. The number of nitrogens with zero attached hydrogens (tertiary/aromatic N) is 1. The molecule has 0 aliphatic carbocycles. The zero-order chi connectivity index (χ0) is 20.8. The van der Waals surface area contributed by atoms with Crippen molar-refractivity contribution in [1.82, 2.24) is 10.4 Å². The standard InChI is InChI=1S/C21H38N2O5/c1-3-4-5-7-10-13-18(24)22-17-12-9-6-8-11-14-20(26)28-23-19(25)15-16-21(23,2)27/h27H,3-17H2,1-2H3,(H,22,24). The first-order valence-corrected chi connectivity index (χ1v) is 10.9. The Morgan fingerprint density at radius 1 is 1.04 bits per heavy atom. The Labute approximate surface area is 169 Å². The van der Waals surface area contributed by atoms with Crippen molar-refractivity contribution in [2.45, 2.75) is 109 Å².